The Morgan fingerprint density at radius 1 is 1.29 bits per heavy atom. The lowest BCUT2D eigenvalue weighted by molar-refractivity contribution is -0.121. The maximum atomic E-state index is 12.6. The monoisotopic (exact) mass is 328 g/mol. The van der Waals surface area contributed by atoms with Gasteiger partial charge in [0, 0.05) is 36.8 Å². The Morgan fingerprint density at radius 2 is 2.04 bits per heavy atom. The van der Waals surface area contributed by atoms with E-state index in [-0.39, 0.29) is 18.6 Å². The molecule has 1 saturated carbocycles. The van der Waals surface area contributed by atoms with Crippen LogP contribution >= 0.6 is 0 Å². The third-order valence-corrected chi connectivity index (χ3v) is 5.34. The van der Waals surface area contributed by atoms with Crippen LogP contribution in [0.2, 0.25) is 0 Å². The van der Waals surface area contributed by atoms with Gasteiger partial charge in [-0.15, -0.1) is 0 Å². The van der Waals surface area contributed by atoms with E-state index >= 15 is 0 Å². The third-order valence-electron chi connectivity index (χ3n) is 5.34. The minimum absolute atomic E-state index is 0.0652. The van der Waals surface area contributed by atoms with Gasteiger partial charge in [-0.3, -0.25) is 4.79 Å². The fourth-order valence-corrected chi connectivity index (χ4v) is 4.10. The van der Waals surface area contributed by atoms with Crippen molar-refractivity contribution in [3.8, 4) is 0 Å². The van der Waals surface area contributed by atoms with Crippen molar-refractivity contribution in [2.24, 2.45) is 13.0 Å². The topological polar surface area (TPSA) is 54.3 Å². The summed E-state index contributed by atoms with van der Waals surface area (Å²) in [6.07, 6.45) is 9.22. The van der Waals surface area contributed by atoms with Crippen molar-refractivity contribution in [2.45, 2.75) is 51.0 Å². The Hall–Kier alpha value is -1.81. The number of hydrogen-bond acceptors (Lipinski definition) is 2. The number of benzene rings is 1. The number of nitrogens with one attached hydrogen (secondary N) is 1. The highest BCUT2D eigenvalue weighted by Gasteiger charge is 2.25. The number of carbonyl (C=O) groups is 1. The minimum atomic E-state index is 0.0652. The Morgan fingerprint density at radius 3 is 2.79 bits per heavy atom. The Kier molecular flexibility index (Phi) is 5.56. The summed E-state index contributed by atoms with van der Waals surface area (Å²) in [7, 11) is 2.01. The highest BCUT2D eigenvalue weighted by molar-refractivity contribution is 5.89. The van der Waals surface area contributed by atoms with Crippen LogP contribution in [0.1, 0.15) is 44.1 Å². The van der Waals surface area contributed by atoms with Gasteiger partial charge in [0.15, 0.2) is 0 Å². The summed E-state index contributed by atoms with van der Waals surface area (Å²) in [5.74, 6) is 0.581. The van der Waals surface area contributed by atoms with Gasteiger partial charge in [-0.25, -0.2) is 0 Å². The molecule has 4 heteroatoms. The van der Waals surface area contributed by atoms with E-state index in [9.17, 15) is 9.90 Å². The SMILES string of the molecule is Cn1cc(CC(=O)NC(CCO)C2CCCCC2)c2ccccc21. The molecule has 1 aliphatic rings. The molecule has 1 amide bonds. The summed E-state index contributed by atoms with van der Waals surface area (Å²) in [5.41, 5.74) is 2.22. The molecule has 130 valence electrons. The highest BCUT2D eigenvalue weighted by atomic mass is 16.3. The molecular formula is C20H28N2O2. The van der Waals surface area contributed by atoms with E-state index in [2.05, 4.69) is 22.0 Å². The molecule has 1 atom stereocenters. The van der Waals surface area contributed by atoms with Gasteiger partial charge in [0.1, 0.15) is 0 Å². The smallest absolute Gasteiger partial charge is 0.224 e. The molecule has 1 aliphatic carbocycles. The quantitative estimate of drug-likeness (QED) is 0.856. The number of para-hydroxylation sites is 1. The van der Waals surface area contributed by atoms with Gasteiger partial charge in [0.25, 0.3) is 0 Å². The van der Waals surface area contributed by atoms with Crippen molar-refractivity contribution in [2.75, 3.05) is 6.61 Å². The van der Waals surface area contributed by atoms with Crippen molar-refractivity contribution in [3.63, 3.8) is 0 Å². The first kappa shape index (κ1) is 17.0. The van der Waals surface area contributed by atoms with Crippen LogP contribution in [-0.2, 0) is 18.3 Å². The van der Waals surface area contributed by atoms with Gasteiger partial charge in [-0.2, -0.15) is 0 Å². The van der Waals surface area contributed by atoms with Crippen LogP contribution in [0.15, 0.2) is 30.5 Å². The number of hydrogen-bond donors (Lipinski definition) is 2. The van der Waals surface area contributed by atoms with E-state index < -0.39 is 0 Å². The van der Waals surface area contributed by atoms with Gasteiger partial charge in [-0.1, -0.05) is 37.5 Å². The first-order valence-corrected chi connectivity index (χ1v) is 9.12. The Labute approximate surface area is 143 Å². The fourth-order valence-electron chi connectivity index (χ4n) is 4.10. The summed E-state index contributed by atoms with van der Waals surface area (Å²) in [6.45, 7) is 0.135. The van der Waals surface area contributed by atoms with Crippen molar-refractivity contribution >= 4 is 16.8 Å². The molecule has 4 nitrogen and oxygen atoms in total. The fraction of sp³-hybridized carbons (Fsp3) is 0.550. The van der Waals surface area contributed by atoms with E-state index in [1.54, 1.807) is 0 Å². The van der Waals surface area contributed by atoms with Gasteiger partial charge < -0.3 is 15.0 Å². The molecule has 0 radical (unpaired) electrons. The molecule has 2 N–H and O–H groups in total. The normalized spacial score (nSPS) is 17.1. The number of amides is 1. The predicted octanol–water partition coefficient (Wildman–Crippen LogP) is 3.17. The van der Waals surface area contributed by atoms with E-state index in [0.717, 1.165) is 16.5 Å². The van der Waals surface area contributed by atoms with Crippen LogP contribution in [-0.4, -0.2) is 28.2 Å². The van der Waals surface area contributed by atoms with Crippen molar-refractivity contribution in [1.82, 2.24) is 9.88 Å². The van der Waals surface area contributed by atoms with Crippen LogP contribution < -0.4 is 5.32 Å². The van der Waals surface area contributed by atoms with Crippen molar-refractivity contribution in [3.05, 3.63) is 36.0 Å². The molecule has 0 saturated heterocycles. The number of nitrogens with zero attached hydrogens (tertiary/aromatic N) is 1. The number of aliphatic hydroxyl groups excluding tert-OH is 1. The van der Waals surface area contributed by atoms with Crippen LogP contribution in [0.4, 0.5) is 0 Å². The second-order valence-corrected chi connectivity index (χ2v) is 7.04. The van der Waals surface area contributed by atoms with E-state index in [1.807, 2.05) is 25.4 Å². The Bertz CT molecular complexity index is 686. The molecule has 0 bridgehead atoms. The number of aryl methyl sites for hydroxylation is 1. The van der Waals surface area contributed by atoms with Crippen molar-refractivity contribution in [1.29, 1.82) is 0 Å². The second kappa shape index (κ2) is 7.84. The summed E-state index contributed by atoms with van der Waals surface area (Å²) < 4.78 is 2.07. The summed E-state index contributed by atoms with van der Waals surface area (Å²) in [4.78, 5) is 12.6. The van der Waals surface area contributed by atoms with Gasteiger partial charge >= 0.3 is 0 Å². The highest BCUT2D eigenvalue weighted by Crippen LogP contribution is 2.28. The molecule has 1 fully saturated rings. The van der Waals surface area contributed by atoms with E-state index in [1.165, 1.54) is 32.1 Å². The van der Waals surface area contributed by atoms with Crippen LogP contribution in [0.25, 0.3) is 10.9 Å². The molecule has 2 aromatic rings. The lowest BCUT2D eigenvalue weighted by Gasteiger charge is -2.30. The van der Waals surface area contributed by atoms with Gasteiger partial charge in [0.05, 0.1) is 6.42 Å². The first-order chi connectivity index (χ1) is 11.7. The number of fused-ring (bicyclic) bond motifs is 1. The second-order valence-electron chi connectivity index (χ2n) is 7.04. The molecule has 1 aromatic carbocycles. The Balaban J connectivity index is 1.68. The molecule has 0 spiro atoms. The third kappa shape index (κ3) is 3.81. The molecule has 24 heavy (non-hydrogen) atoms. The first-order valence-electron chi connectivity index (χ1n) is 9.12. The zero-order valence-electron chi connectivity index (χ0n) is 14.5. The number of aromatic nitrogens is 1. The average molecular weight is 328 g/mol. The average Bonchev–Trinajstić information content (AvgIpc) is 2.91. The summed E-state index contributed by atoms with van der Waals surface area (Å²) in [5, 5.41) is 13.7. The summed E-state index contributed by atoms with van der Waals surface area (Å²) >= 11 is 0. The lowest BCUT2D eigenvalue weighted by atomic mass is 9.82. The van der Waals surface area contributed by atoms with Gasteiger partial charge in [-0.05, 0) is 36.8 Å². The molecule has 1 aromatic heterocycles. The molecule has 0 aliphatic heterocycles. The van der Waals surface area contributed by atoms with E-state index in [0.29, 0.717) is 18.8 Å². The maximum Gasteiger partial charge on any atom is 0.224 e. The molecule has 3 rings (SSSR count). The summed E-state index contributed by atoms with van der Waals surface area (Å²) in [6, 6.07) is 8.29. The largest absolute Gasteiger partial charge is 0.396 e. The standard InChI is InChI=1S/C20H28N2O2/c1-22-14-16(17-9-5-6-10-19(17)22)13-20(24)21-18(11-12-23)15-7-3-2-4-8-15/h5-6,9-10,14-15,18,23H,2-4,7-8,11-13H2,1H3,(H,21,24). The van der Waals surface area contributed by atoms with Gasteiger partial charge in [0.2, 0.25) is 5.91 Å². The van der Waals surface area contributed by atoms with Crippen LogP contribution in [0.5, 0.6) is 0 Å². The molecule has 1 unspecified atom stereocenters. The van der Waals surface area contributed by atoms with Crippen molar-refractivity contribution < 1.29 is 9.90 Å². The van der Waals surface area contributed by atoms with Crippen LogP contribution in [0, 0.1) is 5.92 Å². The number of rotatable bonds is 6. The lowest BCUT2D eigenvalue weighted by Crippen LogP contribution is -2.42. The predicted molar refractivity (Wildman–Crippen MR) is 96.8 cm³/mol. The zero-order chi connectivity index (χ0) is 16.9. The number of carbonyl (C=O) groups excluding carboxylic acids is 1. The maximum absolute atomic E-state index is 12.6. The van der Waals surface area contributed by atoms with Crippen LogP contribution in [0.3, 0.4) is 0 Å². The number of aliphatic hydroxyl groups is 1. The van der Waals surface area contributed by atoms with E-state index in [4.69, 9.17) is 0 Å². The minimum Gasteiger partial charge on any atom is -0.396 e. The zero-order valence-corrected chi connectivity index (χ0v) is 14.5. The molecule has 1 heterocycles. The molecular weight excluding hydrogens is 300 g/mol.